The highest BCUT2D eigenvalue weighted by Gasteiger charge is 2.06. The Bertz CT molecular complexity index is 702. The second-order valence-electron chi connectivity index (χ2n) is 4.32. The number of halogens is 2. The minimum Gasteiger partial charge on any atom is -0.487 e. The molecule has 0 atom stereocenters. The third-order valence-electron chi connectivity index (χ3n) is 2.70. The summed E-state index contributed by atoms with van der Waals surface area (Å²) in [7, 11) is 0. The molecule has 6 nitrogen and oxygen atoms in total. The van der Waals surface area contributed by atoms with E-state index in [1.807, 2.05) is 0 Å². The monoisotopic (exact) mass is 354 g/mol. The summed E-state index contributed by atoms with van der Waals surface area (Å²) in [4.78, 5) is 15.2. The maximum Gasteiger partial charge on any atom is 0.270 e. The molecule has 23 heavy (non-hydrogen) atoms. The van der Waals surface area contributed by atoms with Gasteiger partial charge in [-0.2, -0.15) is 0 Å². The van der Waals surface area contributed by atoms with E-state index < -0.39 is 4.92 Å². The second kappa shape index (κ2) is 8.36. The predicted octanol–water partition coefficient (Wildman–Crippen LogP) is 4.33. The summed E-state index contributed by atoms with van der Waals surface area (Å²) in [5.41, 5.74) is 0.555. The van der Waals surface area contributed by atoms with E-state index in [9.17, 15) is 10.1 Å². The second-order valence-corrected chi connectivity index (χ2v) is 5.13. The molecule has 0 N–H and O–H groups in total. The fourth-order valence-corrected chi connectivity index (χ4v) is 2.18. The highest BCUT2D eigenvalue weighted by atomic mass is 35.5. The van der Waals surface area contributed by atoms with Crippen molar-refractivity contribution in [2.45, 2.75) is 0 Å². The molecule has 0 aromatic heterocycles. The van der Waals surface area contributed by atoms with Crippen molar-refractivity contribution < 1.29 is 14.5 Å². The van der Waals surface area contributed by atoms with Crippen LogP contribution in [0.2, 0.25) is 10.0 Å². The van der Waals surface area contributed by atoms with Crippen molar-refractivity contribution in [2.24, 2.45) is 5.16 Å². The molecule has 0 heterocycles. The zero-order chi connectivity index (χ0) is 16.7. The number of hydrogen-bond donors (Lipinski definition) is 0. The van der Waals surface area contributed by atoms with E-state index >= 15 is 0 Å². The van der Waals surface area contributed by atoms with Crippen molar-refractivity contribution in [1.82, 2.24) is 0 Å². The summed E-state index contributed by atoms with van der Waals surface area (Å²) in [5, 5.41) is 15.2. The third kappa shape index (κ3) is 5.12. The lowest BCUT2D eigenvalue weighted by Crippen LogP contribution is -2.05. The summed E-state index contributed by atoms with van der Waals surface area (Å²) in [6, 6.07) is 11.1. The average Bonchev–Trinajstić information content (AvgIpc) is 2.53. The fraction of sp³-hybridized carbons (Fsp3) is 0.133. The van der Waals surface area contributed by atoms with E-state index in [0.717, 1.165) is 0 Å². The number of nitro benzene ring substituents is 1. The van der Waals surface area contributed by atoms with Crippen LogP contribution in [0.3, 0.4) is 0 Å². The zero-order valence-corrected chi connectivity index (χ0v) is 13.3. The topological polar surface area (TPSA) is 74.0 Å². The van der Waals surface area contributed by atoms with Crippen LogP contribution in [-0.2, 0) is 4.84 Å². The minimum atomic E-state index is -0.473. The molecule has 0 fully saturated rings. The summed E-state index contributed by atoms with van der Waals surface area (Å²) < 4.78 is 5.42. The Kier molecular flexibility index (Phi) is 6.19. The fourth-order valence-electron chi connectivity index (χ4n) is 1.67. The lowest BCUT2D eigenvalue weighted by Gasteiger charge is -2.08. The molecule has 0 aliphatic heterocycles. The van der Waals surface area contributed by atoms with Crippen molar-refractivity contribution in [1.29, 1.82) is 0 Å². The third-order valence-corrected chi connectivity index (χ3v) is 3.29. The quantitative estimate of drug-likeness (QED) is 0.321. The first-order valence-electron chi connectivity index (χ1n) is 6.54. The Morgan fingerprint density at radius 1 is 1.13 bits per heavy atom. The Balaban J connectivity index is 1.79. The summed E-state index contributed by atoms with van der Waals surface area (Å²) in [5.74, 6) is 0.391. The largest absolute Gasteiger partial charge is 0.487 e. The van der Waals surface area contributed by atoms with E-state index in [1.54, 1.807) is 30.3 Å². The van der Waals surface area contributed by atoms with Crippen molar-refractivity contribution in [3.8, 4) is 5.75 Å². The Morgan fingerprint density at radius 2 is 1.83 bits per heavy atom. The van der Waals surface area contributed by atoms with Crippen LogP contribution in [0.15, 0.2) is 47.6 Å². The van der Waals surface area contributed by atoms with Crippen LogP contribution in [0.4, 0.5) is 5.69 Å². The highest BCUT2D eigenvalue weighted by Crippen LogP contribution is 2.32. The van der Waals surface area contributed by atoms with Gasteiger partial charge in [0.05, 0.1) is 21.2 Å². The number of non-ortho nitro benzene ring substituents is 1. The van der Waals surface area contributed by atoms with Gasteiger partial charge in [-0.3, -0.25) is 10.1 Å². The van der Waals surface area contributed by atoms with Gasteiger partial charge in [-0.15, -0.1) is 0 Å². The number of oxime groups is 1. The molecule has 0 spiro atoms. The molecule has 0 aliphatic carbocycles. The number of hydrogen-bond acceptors (Lipinski definition) is 5. The van der Waals surface area contributed by atoms with Crippen LogP contribution in [0.1, 0.15) is 5.56 Å². The van der Waals surface area contributed by atoms with Crippen molar-refractivity contribution in [3.63, 3.8) is 0 Å². The molecule has 2 rings (SSSR count). The number of rotatable bonds is 7. The summed E-state index contributed by atoms with van der Waals surface area (Å²) >= 11 is 11.9. The highest BCUT2D eigenvalue weighted by molar-refractivity contribution is 6.37. The van der Waals surface area contributed by atoms with Gasteiger partial charge in [-0.25, -0.2) is 0 Å². The molecule has 0 amide bonds. The number of para-hydroxylation sites is 1. The first kappa shape index (κ1) is 17.1. The normalized spacial score (nSPS) is 10.7. The van der Waals surface area contributed by atoms with E-state index in [4.69, 9.17) is 32.8 Å². The van der Waals surface area contributed by atoms with Gasteiger partial charge in [-0.1, -0.05) is 46.6 Å². The van der Waals surface area contributed by atoms with E-state index in [1.165, 1.54) is 18.3 Å². The van der Waals surface area contributed by atoms with E-state index in [0.29, 0.717) is 21.4 Å². The van der Waals surface area contributed by atoms with Gasteiger partial charge in [-0.05, 0) is 12.1 Å². The Morgan fingerprint density at radius 3 is 2.52 bits per heavy atom. The molecular formula is C15H12Cl2N2O4. The van der Waals surface area contributed by atoms with Crippen LogP contribution in [0.5, 0.6) is 5.75 Å². The van der Waals surface area contributed by atoms with Gasteiger partial charge in [0, 0.05) is 17.7 Å². The van der Waals surface area contributed by atoms with Crippen LogP contribution in [0.25, 0.3) is 0 Å². The molecular weight excluding hydrogens is 343 g/mol. The molecule has 0 saturated carbocycles. The van der Waals surface area contributed by atoms with Gasteiger partial charge in [0.2, 0.25) is 0 Å². The maximum atomic E-state index is 10.6. The first-order valence-corrected chi connectivity index (χ1v) is 7.30. The first-order chi connectivity index (χ1) is 11.1. The number of nitrogens with zero attached hydrogens (tertiary/aromatic N) is 2. The van der Waals surface area contributed by atoms with E-state index in [-0.39, 0.29) is 18.9 Å². The molecule has 2 aromatic rings. The van der Waals surface area contributed by atoms with Crippen molar-refractivity contribution in [2.75, 3.05) is 13.2 Å². The average molecular weight is 355 g/mol. The Labute approximate surface area is 142 Å². The summed E-state index contributed by atoms with van der Waals surface area (Å²) in [6.07, 6.45) is 1.38. The zero-order valence-electron chi connectivity index (χ0n) is 11.8. The van der Waals surface area contributed by atoms with Crippen LogP contribution in [-0.4, -0.2) is 24.4 Å². The molecule has 0 unspecified atom stereocenters. The van der Waals surface area contributed by atoms with Crippen LogP contribution < -0.4 is 4.74 Å². The number of nitro groups is 1. The SMILES string of the molecule is O=[N+]([O-])c1cccc(C=NOCCOc2c(Cl)cccc2Cl)c1. The van der Waals surface area contributed by atoms with Gasteiger partial charge >= 0.3 is 0 Å². The van der Waals surface area contributed by atoms with Crippen LogP contribution >= 0.6 is 23.2 Å². The molecule has 0 radical (unpaired) electrons. The molecule has 0 aliphatic rings. The molecule has 8 heteroatoms. The minimum absolute atomic E-state index is 0.00866. The predicted molar refractivity (Wildman–Crippen MR) is 88.6 cm³/mol. The van der Waals surface area contributed by atoms with Gasteiger partial charge in [0.1, 0.15) is 6.61 Å². The molecule has 0 saturated heterocycles. The standard InChI is InChI=1S/C15H12Cl2N2O4/c16-13-5-2-6-14(17)15(13)22-7-8-23-18-10-11-3-1-4-12(9-11)19(20)21/h1-6,9-10H,7-8H2. The molecule has 120 valence electrons. The van der Waals surface area contributed by atoms with Gasteiger partial charge in [0.15, 0.2) is 12.4 Å². The van der Waals surface area contributed by atoms with Gasteiger partial charge < -0.3 is 9.57 Å². The lowest BCUT2D eigenvalue weighted by molar-refractivity contribution is -0.384. The maximum absolute atomic E-state index is 10.6. The number of benzene rings is 2. The van der Waals surface area contributed by atoms with E-state index in [2.05, 4.69) is 5.16 Å². The smallest absolute Gasteiger partial charge is 0.270 e. The van der Waals surface area contributed by atoms with Crippen LogP contribution in [0, 0.1) is 10.1 Å². The Hall–Kier alpha value is -2.31. The van der Waals surface area contributed by atoms with Crippen molar-refractivity contribution >= 4 is 35.1 Å². The van der Waals surface area contributed by atoms with Gasteiger partial charge in [0.25, 0.3) is 5.69 Å². The molecule has 2 aromatic carbocycles. The molecule has 0 bridgehead atoms. The number of ether oxygens (including phenoxy) is 1. The summed E-state index contributed by atoms with van der Waals surface area (Å²) in [6.45, 7) is 0.378. The van der Waals surface area contributed by atoms with Crippen molar-refractivity contribution in [3.05, 3.63) is 68.2 Å². The lowest BCUT2D eigenvalue weighted by atomic mass is 10.2.